The van der Waals surface area contributed by atoms with E-state index in [0.29, 0.717) is 50.5 Å². The number of cyclic esters (lactones) is 1. The Morgan fingerprint density at radius 2 is 1.64 bits per heavy atom. The van der Waals surface area contributed by atoms with Crippen LogP contribution in [0.15, 0.2) is 29.9 Å². The molecule has 17 atom stereocenters. The molecule has 4 aliphatic carbocycles. The number of carbonyl (C=O) groups is 3. The number of ether oxygens (including phenoxy) is 8. The lowest BCUT2D eigenvalue weighted by molar-refractivity contribution is -0.345. The van der Waals surface area contributed by atoms with Gasteiger partial charge in [0.15, 0.2) is 30.2 Å². The molecular formula is C46H62O18. The monoisotopic (exact) mass is 902 g/mol. The highest BCUT2D eigenvalue weighted by Gasteiger charge is 2.71. The van der Waals surface area contributed by atoms with Crippen molar-refractivity contribution in [2.75, 3.05) is 27.4 Å². The third kappa shape index (κ3) is 7.84. The molecule has 3 heterocycles. The van der Waals surface area contributed by atoms with Crippen LogP contribution in [-0.2, 0) is 42.8 Å². The van der Waals surface area contributed by atoms with Gasteiger partial charge in [0.25, 0.3) is 0 Å². The zero-order valence-corrected chi connectivity index (χ0v) is 36.6. The average molecular weight is 903 g/mol. The molecule has 1 aromatic carbocycles. The maximum atomic E-state index is 13.3. The summed E-state index contributed by atoms with van der Waals surface area (Å²) in [5.41, 5.74) is -2.74. The van der Waals surface area contributed by atoms with E-state index in [-0.39, 0.29) is 60.4 Å². The fraction of sp³-hybridized carbons (Fsp3) is 0.717. The maximum absolute atomic E-state index is 13.3. The lowest BCUT2D eigenvalue weighted by Crippen LogP contribution is -2.69. The van der Waals surface area contributed by atoms with Crippen LogP contribution in [-0.4, -0.2) is 154 Å². The van der Waals surface area contributed by atoms with Gasteiger partial charge in [-0.3, -0.25) is 0 Å². The highest BCUT2D eigenvalue weighted by atomic mass is 16.7. The van der Waals surface area contributed by atoms with Crippen molar-refractivity contribution in [3.63, 3.8) is 0 Å². The van der Waals surface area contributed by atoms with Crippen molar-refractivity contribution in [2.24, 2.45) is 28.6 Å². The summed E-state index contributed by atoms with van der Waals surface area (Å²) < 4.78 is 45.2. The molecule has 64 heavy (non-hydrogen) atoms. The first kappa shape index (κ1) is 46.8. The van der Waals surface area contributed by atoms with Crippen LogP contribution in [0.4, 0.5) is 0 Å². The third-order valence-electron chi connectivity index (χ3n) is 16.1. The van der Waals surface area contributed by atoms with Crippen molar-refractivity contribution >= 4 is 24.3 Å². The number of phenols is 1. The summed E-state index contributed by atoms with van der Waals surface area (Å²) in [6.07, 6.45) is -3.51. The Balaban J connectivity index is 0.882. The number of phenolic OH excluding ortho intramolecular Hbond substituents is 1. The minimum Gasteiger partial charge on any atom is -0.502 e. The molecule has 7 N–H and O–H groups in total. The van der Waals surface area contributed by atoms with Gasteiger partial charge in [0.2, 0.25) is 5.75 Å². The van der Waals surface area contributed by atoms with Crippen LogP contribution in [0.25, 0.3) is 6.08 Å². The topological polar surface area (TPSA) is 267 Å². The SMILES string of the molecule is COc1cc(C=CC(=O)O[C@@H]2[C@H](O)[C@@H](O[C@@H]3[C@H](O)C[C@H](O[C@H]4CC[C@@]5(C=O)[C@H]6CC[C@]7(C)[C@@H](C8=CC(=O)OC8)CC[C@]7(O)[C@H]6CC[C@@]5(O)C4)O[C@@H]3C)O[C@@H](CO)[C@@H]2O)cc(OC)c1O. The molecule has 8 rings (SSSR count). The zero-order valence-electron chi connectivity index (χ0n) is 36.6. The van der Waals surface area contributed by atoms with Gasteiger partial charge in [-0.1, -0.05) is 6.92 Å². The Kier molecular flexibility index (Phi) is 13.1. The number of rotatable bonds is 12. The summed E-state index contributed by atoms with van der Waals surface area (Å²) in [5, 5.41) is 78.8. The Labute approximate surface area is 371 Å². The molecule has 354 valence electrons. The first-order chi connectivity index (χ1) is 30.4. The second kappa shape index (κ2) is 17.8. The molecule has 18 heteroatoms. The Morgan fingerprint density at radius 3 is 2.28 bits per heavy atom. The smallest absolute Gasteiger partial charge is 0.331 e. The number of aromatic hydroxyl groups is 1. The van der Waals surface area contributed by atoms with Crippen LogP contribution in [0, 0.1) is 28.6 Å². The Bertz CT molecular complexity index is 1950. The van der Waals surface area contributed by atoms with Gasteiger partial charge in [-0.15, -0.1) is 0 Å². The maximum Gasteiger partial charge on any atom is 0.331 e. The van der Waals surface area contributed by atoms with E-state index in [0.717, 1.165) is 24.4 Å². The van der Waals surface area contributed by atoms with Crippen molar-refractivity contribution in [1.82, 2.24) is 0 Å². The number of carbonyl (C=O) groups excluding carboxylic acids is 3. The average Bonchev–Trinajstić information content (AvgIpc) is 3.82. The predicted molar refractivity (Wildman–Crippen MR) is 220 cm³/mol. The van der Waals surface area contributed by atoms with Gasteiger partial charge < -0.3 is 78.4 Å². The molecule has 1 aromatic rings. The van der Waals surface area contributed by atoms with Crippen LogP contribution in [0.5, 0.6) is 17.2 Å². The quantitative estimate of drug-likeness (QED) is 0.0680. The van der Waals surface area contributed by atoms with Crippen LogP contribution in [0.1, 0.15) is 83.6 Å². The lowest BCUT2D eigenvalue weighted by Gasteiger charge is -2.65. The largest absolute Gasteiger partial charge is 0.502 e. The number of fused-ring (bicyclic) bond motifs is 5. The number of methoxy groups -OCH3 is 2. The fourth-order valence-electron chi connectivity index (χ4n) is 12.8. The van der Waals surface area contributed by atoms with Gasteiger partial charge in [0, 0.05) is 30.4 Å². The lowest BCUT2D eigenvalue weighted by atomic mass is 9.41. The molecule has 3 aliphatic heterocycles. The van der Waals surface area contributed by atoms with Gasteiger partial charge in [-0.2, -0.15) is 0 Å². The predicted octanol–water partition coefficient (Wildman–Crippen LogP) is 1.59. The first-order valence-corrected chi connectivity index (χ1v) is 22.3. The van der Waals surface area contributed by atoms with Gasteiger partial charge >= 0.3 is 11.9 Å². The van der Waals surface area contributed by atoms with Gasteiger partial charge in [0.1, 0.15) is 37.3 Å². The summed E-state index contributed by atoms with van der Waals surface area (Å²) in [6.45, 7) is 3.24. The van der Waals surface area contributed by atoms with Gasteiger partial charge in [0.05, 0.1) is 55.8 Å². The molecular weight excluding hydrogens is 840 g/mol. The van der Waals surface area contributed by atoms with E-state index >= 15 is 0 Å². The van der Waals surface area contributed by atoms with Gasteiger partial charge in [-0.25, -0.2) is 9.59 Å². The molecule has 7 aliphatic rings. The second-order valence-corrected chi connectivity index (χ2v) is 19.1. The minimum atomic E-state index is -1.77. The number of aliphatic hydroxyl groups is 6. The molecule has 0 bridgehead atoms. The molecule has 0 aromatic heterocycles. The Morgan fingerprint density at radius 1 is 0.922 bits per heavy atom. The summed E-state index contributed by atoms with van der Waals surface area (Å²) in [5.74, 6) is -1.84. The van der Waals surface area contributed by atoms with Gasteiger partial charge in [-0.05, 0) is 105 Å². The fourth-order valence-corrected chi connectivity index (χ4v) is 12.8. The normalized spacial score (nSPS) is 44.2. The Hall–Kier alpha value is -3.69. The molecule has 0 radical (unpaired) electrons. The summed E-state index contributed by atoms with van der Waals surface area (Å²) in [7, 11) is 2.70. The number of hydrogen-bond acceptors (Lipinski definition) is 18. The first-order valence-electron chi connectivity index (χ1n) is 22.3. The second-order valence-electron chi connectivity index (χ2n) is 19.1. The van der Waals surface area contributed by atoms with Crippen molar-refractivity contribution < 1.29 is 88.0 Å². The van der Waals surface area contributed by atoms with Crippen LogP contribution in [0.2, 0.25) is 0 Å². The van der Waals surface area contributed by atoms with Crippen molar-refractivity contribution in [3.8, 4) is 17.2 Å². The number of aliphatic hydroxyl groups excluding tert-OH is 4. The van der Waals surface area contributed by atoms with Crippen LogP contribution < -0.4 is 9.47 Å². The molecule has 2 saturated heterocycles. The van der Waals surface area contributed by atoms with E-state index in [4.69, 9.17) is 37.9 Å². The van der Waals surface area contributed by atoms with Crippen LogP contribution in [0.3, 0.4) is 0 Å². The summed E-state index contributed by atoms with van der Waals surface area (Å²) >= 11 is 0. The van der Waals surface area contributed by atoms with E-state index in [2.05, 4.69) is 6.92 Å². The summed E-state index contributed by atoms with van der Waals surface area (Å²) in [4.78, 5) is 38.2. The number of esters is 2. The molecule has 18 nitrogen and oxygen atoms in total. The summed E-state index contributed by atoms with van der Waals surface area (Å²) in [6, 6.07) is 2.89. The van der Waals surface area contributed by atoms with Crippen molar-refractivity contribution in [2.45, 2.75) is 151 Å². The molecule has 0 unspecified atom stereocenters. The highest BCUT2D eigenvalue weighted by molar-refractivity contribution is 5.87. The van der Waals surface area contributed by atoms with E-state index in [9.17, 15) is 50.1 Å². The van der Waals surface area contributed by atoms with E-state index in [1.807, 2.05) is 0 Å². The number of benzene rings is 1. The number of aldehydes is 1. The minimum absolute atomic E-state index is 0.00336. The molecule has 0 amide bonds. The van der Waals surface area contributed by atoms with Crippen molar-refractivity contribution in [1.29, 1.82) is 0 Å². The number of hydrogen-bond donors (Lipinski definition) is 7. The molecule has 4 saturated carbocycles. The van der Waals surface area contributed by atoms with E-state index in [1.165, 1.54) is 32.4 Å². The van der Waals surface area contributed by atoms with E-state index in [1.54, 1.807) is 13.0 Å². The molecule has 0 spiro atoms. The molecule has 6 fully saturated rings. The van der Waals surface area contributed by atoms with E-state index < -0.39 is 96.0 Å². The third-order valence-corrected chi connectivity index (χ3v) is 16.1. The van der Waals surface area contributed by atoms with Crippen LogP contribution >= 0.6 is 0 Å². The van der Waals surface area contributed by atoms with Crippen molar-refractivity contribution in [3.05, 3.63) is 35.4 Å². The highest BCUT2D eigenvalue weighted by Crippen LogP contribution is 2.70. The zero-order chi connectivity index (χ0) is 45.9. The standard InChI is InChI=1S/C46H62O18/c1-23-40(64-42-39(54)41(38(53)33(20-47)62-42)63-34(50)6-5-24-15-31(57-3)37(52)32(16-24)58-4)30(49)18-36(60-23)61-26-7-12-44(22-48)28-8-11-43(2)27(25-17-35(51)59-21-25)10-14-46(43,56)29(28)9-13-45(44,55)19-26/h5-6,15-17,22-23,26-30,33,36,38-42,47,49,52-56H,7-14,18-21H2,1-4H3/t23-,26+,27-,28+,29+,30-,33+,36+,38+,39+,40+,41+,42-,43-,44-,45-,46+/m1/s1.